The lowest BCUT2D eigenvalue weighted by Crippen LogP contribution is -2.35. The molecule has 2 rings (SSSR count). The Balaban J connectivity index is 1.92. The SMILES string of the molecule is CCc1ncsc1NC(=O)CC1(O)CCCCC1. The van der Waals surface area contributed by atoms with Crippen LogP contribution >= 0.6 is 11.3 Å². The molecule has 5 heteroatoms. The van der Waals surface area contributed by atoms with Crippen molar-refractivity contribution >= 4 is 22.2 Å². The summed E-state index contributed by atoms with van der Waals surface area (Å²) in [5, 5.41) is 14.0. The number of anilines is 1. The van der Waals surface area contributed by atoms with Crippen LogP contribution in [0.25, 0.3) is 0 Å². The van der Waals surface area contributed by atoms with E-state index < -0.39 is 5.60 Å². The molecule has 1 aromatic rings. The predicted molar refractivity (Wildman–Crippen MR) is 72.8 cm³/mol. The summed E-state index contributed by atoms with van der Waals surface area (Å²) in [7, 11) is 0. The average molecular weight is 268 g/mol. The molecule has 1 saturated carbocycles. The smallest absolute Gasteiger partial charge is 0.227 e. The topological polar surface area (TPSA) is 62.2 Å². The van der Waals surface area contributed by atoms with Crippen molar-refractivity contribution in [3.8, 4) is 0 Å². The number of carbonyl (C=O) groups excluding carboxylic acids is 1. The summed E-state index contributed by atoms with van der Waals surface area (Å²) in [6.07, 6.45) is 5.69. The molecule has 1 aliphatic rings. The van der Waals surface area contributed by atoms with Crippen LogP contribution in [0.15, 0.2) is 5.51 Å². The molecule has 1 fully saturated rings. The van der Waals surface area contributed by atoms with Crippen LogP contribution < -0.4 is 5.32 Å². The third-order valence-corrected chi connectivity index (χ3v) is 4.29. The highest BCUT2D eigenvalue weighted by Gasteiger charge is 2.31. The van der Waals surface area contributed by atoms with E-state index >= 15 is 0 Å². The van der Waals surface area contributed by atoms with Gasteiger partial charge in [0.1, 0.15) is 5.00 Å². The van der Waals surface area contributed by atoms with Crippen molar-refractivity contribution in [2.75, 3.05) is 5.32 Å². The summed E-state index contributed by atoms with van der Waals surface area (Å²) >= 11 is 1.44. The van der Waals surface area contributed by atoms with Crippen LogP contribution in [0, 0.1) is 0 Å². The van der Waals surface area contributed by atoms with Gasteiger partial charge in [0.2, 0.25) is 5.91 Å². The molecular weight excluding hydrogens is 248 g/mol. The minimum Gasteiger partial charge on any atom is -0.389 e. The number of thiazole rings is 1. The Bertz CT molecular complexity index is 411. The van der Waals surface area contributed by atoms with Gasteiger partial charge in [-0.15, -0.1) is 11.3 Å². The molecule has 1 aliphatic carbocycles. The van der Waals surface area contributed by atoms with Gasteiger partial charge in [-0.25, -0.2) is 4.98 Å². The van der Waals surface area contributed by atoms with Crippen molar-refractivity contribution in [3.05, 3.63) is 11.2 Å². The molecule has 4 nitrogen and oxygen atoms in total. The molecule has 100 valence electrons. The van der Waals surface area contributed by atoms with Crippen LogP contribution in [0.5, 0.6) is 0 Å². The van der Waals surface area contributed by atoms with E-state index in [1.54, 1.807) is 5.51 Å². The van der Waals surface area contributed by atoms with Gasteiger partial charge in [0.15, 0.2) is 0 Å². The number of aromatic nitrogens is 1. The summed E-state index contributed by atoms with van der Waals surface area (Å²) < 4.78 is 0. The largest absolute Gasteiger partial charge is 0.389 e. The van der Waals surface area contributed by atoms with Gasteiger partial charge in [0.25, 0.3) is 0 Å². The normalized spacial score (nSPS) is 18.6. The Morgan fingerprint density at radius 3 is 2.89 bits per heavy atom. The Hall–Kier alpha value is -0.940. The van der Waals surface area contributed by atoms with E-state index in [1.165, 1.54) is 17.8 Å². The zero-order chi connectivity index (χ0) is 13.0. The van der Waals surface area contributed by atoms with E-state index in [0.29, 0.717) is 0 Å². The molecule has 0 saturated heterocycles. The number of aryl methyl sites for hydroxylation is 1. The lowest BCUT2D eigenvalue weighted by molar-refractivity contribution is -0.122. The van der Waals surface area contributed by atoms with E-state index in [2.05, 4.69) is 10.3 Å². The van der Waals surface area contributed by atoms with Gasteiger partial charge in [-0.05, 0) is 19.3 Å². The van der Waals surface area contributed by atoms with Crippen molar-refractivity contribution in [1.82, 2.24) is 4.98 Å². The van der Waals surface area contributed by atoms with Gasteiger partial charge in [0.05, 0.1) is 23.2 Å². The summed E-state index contributed by atoms with van der Waals surface area (Å²) in [5.74, 6) is -0.0987. The fraction of sp³-hybridized carbons (Fsp3) is 0.692. The van der Waals surface area contributed by atoms with E-state index in [4.69, 9.17) is 0 Å². The first-order valence-electron chi connectivity index (χ1n) is 6.57. The number of rotatable bonds is 4. The molecule has 0 spiro atoms. The first-order chi connectivity index (χ1) is 8.63. The van der Waals surface area contributed by atoms with Gasteiger partial charge >= 0.3 is 0 Å². The summed E-state index contributed by atoms with van der Waals surface area (Å²) in [6, 6.07) is 0. The molecule has 0 atom stereocenters. The molecule has 1 heterocycles. The van der Waals surface area contributed by atoms with E-state index in [9.17, 15) is 9.90 Å². The van der Waals surface area contributed by atoms with Crippen molar-refractivity contribution < 1.29 is 9.90 Å². The van der Waals surface area contributed by atoms with Crippen LogP contribution in [0.3, 0.4) is 0 Å². The Morgan fingerprint density at radius 1 is 1.50 bits per heavy atom. The number of carbonyl (C=O) groups is 1. The number of hydrogen-bond donors (Lipinski definition) is 2. The van der Waals surface area contributed by atoms with Crippen LogP contribution in [0.2, 0.25) is 0 Å². The second kappa shape index (κ2) is 5.80. The fourth-order valence-electron chi connectivity index (χ4n) is 2.48. The van der Waals surface area contributed by atoms with E-state index in [-0.39, 0.29) is 12.3 Å². The molecule has 0 unspecified atom stereocenters. The number of nitrogens with one attached hydrogen (secondary N) is 1. The van der Waals surface area contributed by atoms with E-state index in [1.807, 2.05) is 6.92 Å². The van der Waals surface area contributed by atoms with E-state index in [0.717, 1.165) is 42.8 Å². The molecule has 2 N–H and O–H groups in total. The fourth-order valence-corrected chi connectivity index (χ4v) is 3.27. The van der Waals surface area contributed by atoms with Crippen LogP contribution in [-0.4, -0.2) is 21.6 Å². The molecule has 1 aromatic heterocycles. The maximum Gasteiger partial charge on any atom is 0.227 e. The number of nitrogens with zero attached hydrogens (tertiary/aromatic N) is 1. The lowest BCUT2D eigenvalue weighted by atomic mass is 9.82. The molecule has 18 heavy (non-hydrogen) atoms. The Morgan fingerprint density at radius 2 is 2.22 bits per heavy atom. The summed E-state index contributed by atoms with van der Waals surface area (Å²) in [5.41, 5.74) is 1.87. The molecule has 0 aromatic carbocycles. The zero-order valence-corrected chi connectivity index (χ0v) is 11.6. The number of amides is 1. The lowest BCUT2D eigenvalue weighted by Gasteiger charge is -2.31. The minimum absolute atomic E-state index is 0.0987. The maximum absolute atomic E-state index is 12.0. The van der Waals surface area contributed by atoms with Gasteiger partial charge in [-0.1, -0.05) is 26.2 Å². The van der Waals surface area contributed by atoms with Gasteiger partial charge < -0.3 is 10.4 Å². The summed E-state index contributed by atoms with van der Waals surface area (Å²) in [4.78, 5) is 16.2. The second-order valence-corrected chi connectivity index (χ2v) is 5.85. The molecule has 0 bridgehead atoms. The molecular formula is C13H20N2O2S. The monoisotopic (exact) mass is 268 g/mol. The second-order valence-electron chi connectivity index (χ2n) is 4.99. The predicted octanol–water partition coefficient (Wildman–Crippen LogP) is 2.73. The van der Waals surface area contributed by atoms with Gasteiger partial charge in [0, 0.05) is 0 Å². The highest BCUT2D eigenvalue weighted by molar-refractivity contribution is 7.14. The van der Waals surface area contributed by atoms with Crippen LogP contribution in [0.4, 0.5) is 5.00 Å². The first-order valence-corrected chi connectivity index (χ1v) is 7.45. The van der Waals surface area contributed by atoms with Gasteiger partial charge in [-0.3, -0.25) is 4.79 Å². The Kier molecular flexibility index (Phi) is 4.35. The maximum atomic E-state index is 12.0. The number of aliphatic hydroxyl groups is 1. The first kappa shape index (κ1) is 13.5. The van der Waals surface area contributed by atoms with Crippen molar-refractivity contribution in [2.45, 2.75) is 57.5 Å². The quantitative estimate of drug-likeness (QED) is 0.882. The Labute approximate surface area is 111 Å². The standard InChI is InChI=1S/C13H20N2O2S/c1-2-10-12(18-9-14-10)15-11(16)8-13(17)6-4-3-5-7-13/h9,17H,2-8H2,1H3,(H,15,16). The van der Waals surface area contributed by atoms with Gasteiger partial charge in [-0.2, -0.15) is 0 Å². The minimum atomic E-state index is -0.792. The highest BCUT2D eigenvalue weighted by atomic mass is 32.1. The molecule has 1 amide bonds. The molecule has 0 aliphatic heterocycles. The van der Waals surface area contributed by atoms with Crippen LogP contribution in [0.1, 0.15) is 51.1 Å². The molecule has 0 radical (unpaired) electrons. The van der Waals surface area contributed by atoms with Crippen LogP contribution in [-0.2, 0) is 11.2 Å². The van der Waals surface area contributed by atoms with Crippen molar-refractivity contribution in [3.63, 3.8) is 0 Å². The number of hydrogen-bond acceptors (Lipinski definition) is 4. The average Bonchev–Trinajstić information content (AvgIpc) is 2.76. The third kappa shape index (κ3) is 3.29. The third-order valence-electron chi connectivity index (χ3n) is 3.50. The zero-order valence-electron chi connectivity index (χ0n) is 10.7. The summed E-state index contributed by atoms with van der Waals surface area (Å²) in [6.45, 7) is 2.01. The highest BCUT2D eigenvalue weighted by Crippen LogP contribution is 2.31. The van der Waals surface area contributed by atoms with Crippen molar-refractivity contribution in [2.24, 2.45) is 0 Å². The van der Waals surface area contributed by atoms with Crippen molar-refractivity contribution in [1.29, 1.82) is 0 Å².